The zero-order chi connectivity index (χ0) is 32.2. The van der Waals surface area contributed by atoms with Crippen LogP contribution in [0.5, 0.6) is 0 Å². The number of hydrogen-bond donors (Lipinski definition) is 3. The lowest BCUT2D eigenvalue weighted by Crippen LogP contribution is -2.42. The van der Waals surface area contributed by atoms with Crippen LogP contribution in [0.1, 0.15) is 17.2 Å². The molecule has 1 aromatic carbocycles. The number of aromatic nitrogens is 6. The molecule has 0 bridgehead atoms. The van der Waals surface area contributed by atoms with Gasteiger partial charge in [0.05, 0.1) is 30.4 Å². The van der Waals surface area contributed by atoms with Crippen molar-refractivity contribution in [3.8, 4) is 16.9 Å². The minimum atomic E-state index is -0.642. The van der Waals surface area contributed by atoms with Gasteiger partial charge >= 0.3 is 6.03 Å². The van der Waals surface area contributed by atoms with Crippen molar-refractivity contribution in [2.75, 3.05) is 39.2 Å². The summed E-state index contributed by atoms with van der Waals surface area (Å²) in [6.07, 6.45) is 3.96. The normalized spacial score (nSPS) is 16.5. The Balaban J connectivity index is 1.29. The molecular formula is C31H33FN10O4. The van der Waals surface area contributed by atoms with E-state index in [2.05, 4.69) is 30.9 Å². The third kappa shape index (κ3) is 6.42. The molecule has 1 aliphatic rings. The van der Waals surface area contributed by atoms with E-state index < -0.39 is 24.1 Å². The zero-order valence-corrected chi connectivity index (χ0v) is 25.5. The molecule has 1 aliphatic heterocycles. The highest BCUT2D eigenvalue weighted by molar-refractivity contribution is 5.91. The Morgan fingerprint density at radius 3 is 2.72 bits per heavy atom. The number of rotatable bonds is 10. The van der Waals surface area contributed by atoms with Crippen LogP contribution in [0.15, 0.2) is 67.3 Å². The first-order valence-corrected chi connectivity index (χ1v) is 14.6. The maximum absolute atomic E-state index is 14.0. The SMILES string of the molecule is CNC(=O)Cn1cnc2cc(-c3nn(-c4ccccc4)c(NC(=O)N[C@@H]4CN(CCOC)O[C@H]4c4ccnc(F)c4)c3C)cnc21. The Kier molecular flexibility index (Phi) is 8.96. The Morgan fingerprint density at radius 1 is 1.13 bits per heavy atom. The second-order valence-corrected chi connectivity index (χ2v) is 10.7. The standard InChI is InChI=1S/C31H33FN10O4/c1-19-27(21-13-23-30(35-15-21)40(18-36-23)17-26(43)33-2)39-42(22-7-5-4-6-8-22)29(19)38-31(44)37-24-16-41(11-12-45-3)46-28(24)20-9-10-34-25(32)14-20/h4-10,13-15,18,24,28H,11-12,16-17H2,1-3H3,(H,33,43)(H2,37,38,44)/t24-,28+/m1/s1. The van der Waals surface area contributed by atoms with E-state index in [4.69, 9.17) is 14.7 Å². The van der Waals surface area contributed by atoms with E-state index in [1.165, 1.54) is 12.3 Å². The lowest BCUT2D eigenvalue weighted by atomic mass is 10.0. The average Bonchev–Trinajstić information content (AvgIpc) is 3.75. The number of likely N-dealkylation sites (N-methyl/N-ethyl adjacent to an activating group) is 1. The maximum atomic E-state index is 14.0. The van der Waals surface area contributed by atoms with Crippen molar-refractivity contribution < 1.29 is 23.6 Å². The molecule has 4 aromatic heterocycles. The summed E-state index contributed by atoms with van der Waals surface area (Å²) in [7, 11) is 3.17. The number of anilines is 1. The van der Waals surface area contributed by atoms with Crippen molar-refractivity contribution in [2.45, 2.75) is 25.6 Å². The molecule has 0 aliphatic carbocycles. The van der Waals surface area contributed by atoms with Gasteiger partial charge in [-0.05, 0) is 42.8 Å². The molecule has 0 saturated carbocycles. The second-order valence-electron chi connectivity index (χ2n) is 10.7. The molecule has 238 valence electrons. The number of carbonyl (C=O) groups is 2. The summed E-state index contributed by atoms with van der Waals surface area (Å²) < 4.78 is 22.5. The summed E-state index contributed by atoms with van der Waals surface area (Å²) in [6.45, 7) is 3.19. The fourth-order valence-corrected chi connectivity index (χ4v) is 5.35. The van der Waals surface area contributed by atoms with Crippen LogP contribution in [0.3, 0.4) is 0 Å². The third-order valence-electron chi connectivity index (χ3n) is 7.65. The molecule has 46 heavy (non-hydrogen) atoms. The number of benzene rings is 1. The summed E-state index contributed by atoms with van der Waals surface area (Å²) in [6, 6.07) is 13.2. The predicted octanol–water partition coefficient (Wildman–Crippen LogP) is 3.00. The van der Waals surface area contributed by atoms with Gasteiger partial charge in [0.2, 0.25) is 11.9 Å². The van der Waals surface area contributed by atoms with Gasteiger partial charge < -0.3 is 19.9 Å². The van der Waals surface area contributed by atoms with Gasteiger partial charge in [-0.15, -0.1) is 0 Å². The summed E-state index contributed by atoms with van der Waals surface area (Å²) in [4.78, 5) is 44.2. The van der Waals surface area contributed by atoms with Crippen LogP contribution < -0.4 is 16.0 Å². The van der Waals surface area contributed by atoms with Crippen molar-refractivity contribution in [3.05, 3.63) is 84.3 Å². The number of halogens is 1. The van der Waals surface area contributed by atoms with Crippen LogP contribution in [0.25, 0.3) is 28.1 Å². The molecule has 3 amide bonds. The molecule has 5 aromatic rings. The number of fused-ring (bicyclic) bond motifs is 1. The lowest BCUT2D eigenvalue weighted by Gasteiger charge is -2.19. The smallest absolute Gasteiger partial charge is 0.320 e. The van der Waals surface area contributed by atoms with Crippen LogP contribution >= 0.6 is 0 Å². The van der Waals surface area contributed by atoms with Crippen molar-refractivity contribution >= 4 is 28.9 Å². The number of para-hydroxylation sites is 1. The molecular weight excluding hydrogens is 595 g/mol. The van der Waals surface area contributed by atoms with Gasteiger partial charge in [0.25, 0.3) is 0 Å². The molecule has 0 spiro atoms. The van der Waals surface area contributed by atoms with Gasteiger partial charge in [-0.25, -0.2) is 24.4 Å². The first-order valence-electron chi connectivity index (χ1n) is 14.6. The van der Waals surface area contributed by atoms with Crippen molar-refractivity contribution in [2.24, 2.45) is 0 Å². The molecule has 5 heterocycles. The molecule has 6 rings (SSSR count). The number of carbonyl (C=O) groups excluding carboxylic acids is 2. The maximum Gasteiger partial charge on any atom is 0.320 e. The van der Waals surface area contributed by atoms with Gasteiger partial charge in [0.15, 0.2) is 5.65 Å². The monoisotopic (exact) mass is 628 g/mol. The first kappa shape index (κ1) is 30.8. The molecule has 0 unspecified atom stereocenters. The molecule has 3 N–H and O–H groups in total. The minimum Gasteiger partial charge on any atom is -0.383 e. The van der Waals surface area contributed by atoms with Crippen molar-refractivity contribution in [1.82, 2.24) is 45.0 Å². The average molecular weight is 629 g/mol. The van der Waals surface area contributed by atoms with E-state index >= 15 is 0 Å². The second kappa shape index (κ2) is 13.4. The largest absolute Gasteiger partial charge is 0.383 e. The van der Waals surface area contributed by atoms with Gasteiger partial charge in [-0.3, -0.25) is 14.9 Å². The van der Waals surface area contributed by atoms with Gasteiger partial charge in [0, 0.05) is 50.8 Å². The summed E-state index contributed by atoms with van der Waals surface area (Å²) >= 11 is 0. The number of imidazole rings is 1. The highest BCUT2D eigenvalue weighted by atomic mass is 19.1. The molecule has 2 atom stereocenters. The Labute approximate surface area is 263 Å². The van der Waals surface area contributed by atoms with Crippen LogP contribution in [0.4, 0.5) is 15.0 Å². The van der Waals surface area contributed by atoms with E-state index in [-0.39, 0.29) is 12.5 Å². The van der Waals surface area contributed by atoms with Crippen LogP contribution in [-0.4, -0.2) is 86.2 Å². The number of methoxy groups -OCH3 is 1. The quantitative estimate of drug-likeness (QED) is 0.198. The number of urea groups is 1. The molecule has 15 heteroatoms. The first-order chi connectivity index (χ1) is 22.3. The van der Waals surface area contributed by atoms with Crippen LogP contribution in [0.2, 0.25) is 0 Å². The van der Waals surface area contributed by atoms with Crippen LogP contribution in [-0.2, 0) is 20.9 Å². The predicted molar refractivity (Wildman–Crippen MR) is 166 cm³/mol. The van der Waals surface area contributed by atoms with Crippen LogP contribution in [0, 0.1) is 12.9 Å². The fourth-order valence-electron chi connectivity index (χ4n) is 5.35. The summed E-state index contributed by atoms with van der Waals surface area (Å²) in [5.74, 6) is -0.353. The highest BCUT2D eigenvalue weighted by Gasteiger charge is 2.37. The summed E-state index contributed by atoms with van der Waals surface area (Å²) in [5.41, 5.74) is 4.41. The molecule has 1 fully saturated rings. The summed E-state index contributed by atoms with van der Waals surface area (Å²) in [5, 5.41) is 15.1. The number of ether oxygens (including phenoxy) is 1. The minimum absolute atomic E-state index is 0.0946. The highest BCUT2D eigenvalue weighted by Crippen LogP contribution is 2.32. The van der Waals surface area contributed by atoms with E-state index in [0.29, 0.717) is 59.1 Å². The van der Waals surface area contributed by atoms with E-state index in [0.717, 1.165) is 5.69 Å². The van der Waals surface area contributed by atoms with Gasteiger partial charge in [-0.2, -0.15) is 14.6 Å². The Hall–Kier alpha value is -5.25. The van der Waals surface area contributed by atoms with Crippen molar-refractivity contribution in [1.29, 1.82) is 0 Å². The number of amides is 3. The molecule has 14 nitrogen and oxygen atoms in total. The molecule has 1 saturated heterocycles. The number of nitrogens with one attached hydrogen (secondary N) is 3. The molecule has 0 radical (unpaired) electrons. The van der Waals surface area contributed by atoms with Gasteiger partial charge in [-0.1, -0.05) is 18.2 Å². The number of pyridine rings is 2. The lowest BCUT2D eigenvalue weighted by molar-refractivity contribution is -0.154. The van der Waals surface area contributed by atoms with E-state index in [9.17, 15) is 14.0 Å². The van der Waals surface area contributed by atoms with Gasteiger partial charge in [0.1, 0.15) is 24.0 Å². The van der Waals surface area contributed by atoms with Crippen molar-refractivity contribution in [3.63, 3.8) is 0 Å². The number of hydroxylamine groups is 2. The van der Waals surface area contributed by atoms with E-state index in [1.54, 1.807) is 47.1 Å². The number of hydrogen-bond acceptors (Lipinski definition) is 9. The third-order valence-corrected chi connectivity index (χ3v) is 7.65. The zero-order valence-electron chi connectivity index (χ0n) is 25.5. The van der Waals surface area contributed by atoms with E-state index in [1.807, 2.05) is 43.3 Å². The Bertz CT molecular complexity index is 1860. The Morgan fingerprint density at radius 2 is 1.96 bits per heavy atom. The topological polar surface area (TPSA) is 153 Å². The number of nitrogens with zero attached hydrogens (tertiary/aromatic N) is 7. The fraction of sp³-hybridized carbons (Fsp3) is 0.290.